The molecule has 94 valence electrons. The maximum absolute atomic E-state index is 13.7. The largest absolute Gasteiger partial charge is 0.335 e. The maximum Gasteiger partial charge on any atom is 0.246 e. The average molecular weight is 246 g/mol. The van der Waals surface area contributed by atoms with Gasteiger partial charge in [-0.3, -0.25) is 4.79 Å². The molecule has 0 bridgehead atoms. The molecule has 0 heterocycles. The van der Waals surface area contributed by atoms with Gasteiger partial charge >= 0.3 is 0 Å². The first-order chi connectivity index (χ1) is 8.62. The molecular weight excluding hydrogens is 231 g/mol. The number of nitrogens with zero attached hydrogens (tertiary/aromatic N) is 2. The van der Waals surface area contributed by atoms with Crippen LogP contribution in [0.25, 0.3) is 0 Å². The second-order valence-electron chi connectivity index (χ2n) is 3.77. The van der Waals surface area contributed by atoms with Crippen LogP contribution in [-0.4, -0.2) is 17.4 Å². The molecule has 0 atom stereocenters. The van der Waals surface area contributed by atoms with E-state index in [2.05, 4.69) is 0 Å². The fourth-order valence-corrected chi connectivity index (χ4v) is 1.54. The van der Waals surface area contributed by atoms with Crippen molar-refractivity contribution in [3.8, 4) is 6.07 Å². The van der Waals surface area contributed by atoms with Crippen LogP contribution >= 0.6 is 0 Å². The summed E-state index contributed by atoms with van der Waals surface area (Å²) < 4.78 is 13.7. The quantitative estimate of drug-likeness (QED) is 0.766. The lowest BCUT2D eigenvalue weighted by atomic mass is 10.1. The van der Waals surface area contributed by atoms with Crippen molar-refractivity contribution < 1.29 is 9.18 Å². The van der Waals surface area contributed by atoms with Crippen molar-refractivity contribution in [1.82, 2.24) is 4.90 Å². The zero-order valence-corrected chi connectivity index (χ0v) is 10.5. The first kappa shape index (κ1) is 13.9. The molecule has 1 amide bonds. The number of carbonyl (C=O) groups is 1. The molecule has 0 fully saturated rings. The van der Waals surface area contributed by atoms with Gasteiger partial charge in [0, 0.05) is 18.7 Å². The highest BCUT2D eigenvalue weighted by atomic mass is 19.1. The molecule has 0 N–H and O–H groups in total. The molecule has 0 aromatic heterocycles. The van der Waals surface area contributed by atoms with Gasteiger partial charge in [-0.15, -0.1) is 0 Å². The molecule has 18 heavy (non-hydrogen) atoms. The number of hydrogen-bond acceptors (Lipinski definition) is 2. The highest BCUT2D eigenvalue weighted by Gasteiger charge is 2.12. The standard InChI is InChI=1S/C14H15FN2O/c1-3-5-14(18)17(4-2)10-12-7-6-11(9-16)8-13(12)15/h3,5-8H,4,10H2,1-2H3. The zero-order chi connectivity index (χ0) is 13.5. The molecule has 3 nitrogen and oxygen atoms in total. The minimum atomic E-state index is -0.458. The highest BCUT2D eigenvalue weighted by Crippen LogP contribution is 2.13. The smallest absolute Gasteiger partial charge is 0.246 e. The first-order valence-corrected chi connectivity index (χ1v) is 5.72. The number of allylic oxidation sites excluding steroid dienone is 1. The van der Waals surface area contributed by atoms with Crippen LogP contribution in [-0.2, 0) is 11.3 Å². The predicted molar refractivity (Wildman–Crippen MR) is 67.0 cm³/mol. The Morgan fingerprint density at radius 1 is 1.56 bits per heavy atom. The summed E-state index contributed by atoms with van der Waals surface area (Å²) in [5, 5.41) is 8.65. The van der Waals surface area contributed by atoms with Crippen molar-refractivity contribution >= 4 is 5.91 Å². The van der Waals surface area contributed by atoms with E-state index in [0.29, 0.717) is 12.1 Å². The molecule has 0 radical (unpaired) electrons. The van der Waals surface area contributed by atoms with Gasteiger partial charge in [0.15, 0.2) is 0 Å². The van der Waals surface area contributed by atoms with Crippen LogP contribution in [0.5, 0.6) is 0 Å². The van der Waals surface area contributed by atoms with Gasteiger partial charge in [-0.05, 0) is 32.1 Å². The number of carbonyl (C=O) groups excluding carboxylic acids is 1. The average Bonchev–Trinajstić information content (AvgIpc) is 2.37. The Morgan fingerprint density at radius 2 is 2.28 bits per heavy atom. The Kier molecular flexibility index (Phi) is 5.06. The number of hydrogen-bond donors (Lipinski definition) is 0. The van der Waals surface area contributed by atoms with E-state index in [-0.39, 0.29) is 18.0 Å². The summed E-state index contributed by atoms with van der Waals surface area (Å²) in [6.45, 7) is 4.30. The van der Waals surface area contributed by atoms with Crippen molar-refractivity contribution in [3.63, 3.8) is 0 Å². The number of nitriles is 1. The molecule has 0 spiro atoms. The summed E-state index contributed by atoms with van der Waals surface area (Å²) in [5.74, 6) is -0.607. The summed E-state index contributed by atoms with van der Waals surface area (Å²) in [4.78, 5) is 13.2. The van der Waals surface area contributed by atoms with Crippen molar-refractivity contribution in [2.24, 2.45) is 0 Å². The van der Waals surface area contributed by atoms with E-state index >= 15 is 0 Å². The molecule has 1 aromatic carbocycles. The molecule has 1 aromatic rings. The Balaban J connectivity index is 2.89. The van der Waals surface area contributed by atoms with Gasteiger partial charge in [0.1, 0.15) is 5.82 Å². The van der Waals surface area contributed by atoms with Crippen molar-refractivity contribution in [1.29, 1.82) is 5.26 Å². The van der Waals surface area contributed by atoms with Gasteiger partial charge in [-0.2, -0.15) is 5.26 Å². The van der Waals surface area contributed by atoms with E-state index in [1.54, 1.807) is 25.1 Å². The van der Waals surface area contributed by atoms with Crippen LogP contribution in [0.3, 0.4) is 0 Å². The molecule has 0 saturated carbocycles. The Bertz CT molecular complexity index is 503. The van der Waals surface area contributed by atoms with Crippen LogP contribution < -0.4 is 0 Å². The van der Waals surface area contributed by atoms with E-state index < -0.39 is 5.82 Å². The monoisotopic (exact) mass is 246 g/mol. The lowest BCUT2D eigenvalue weighted by Crippen LogP contribution is -2.29. The lowest BCUT2D eigenvalue weighted by Gasteiger charge is -2.19. The summed E-state index contributed by atoms with van der Waals surface area (Å²) in [6.07, 6.45) is 3.10. The van der Waals surface area contributed by atoms with Gasteiger partial charge in [0.2, 0.25) is 5.91 Å². The van der Waals surface area contributed by atoms with Crippen LogP contribution in [0.4, 0.5) is 4.39 Å². The highest BCUT2D eigenvalue weighted by molar-refractivity contribution is 5.87. The van der Waals surface area contributed by atoms with E-state index in [1.807, 2.05) is 13.0 Å². The molecule has 0 unspecified atom stereocenters. The molecule has 1 rings (SSSR count). The SMILES string of the molecule is CC=CC(=O)N(CC)Cc1ccc(C#N)cc1F. The van der Waals surface area contributed by atoms with Gasteiger partial charge in [-0.25, -0.2) is 4.39 Å². The van der Waals surface area contributed by atoms with Crippen LogP contribution in [0.2, 0.25) is 0 Å². The zero-order valence-electron chi connectivity index (χ0n) is 10.5. The number of likely N-dealkylation sites (N-methyl/N-ethyl adjacent to an activating group) is 1. The van der Waals surface area contributed by atoms with E-state index in [9.17, 15) is 9.18 Å². The first-order valence-electron chi connectivity index (χ1n) is 5.72. The number of amides is 1. The van der Waals surface area contributed by atoms with E-state index in [1.165, 1.54) is 17.0 Å². The molecule has 0 aliphatic heterocycles. The fraction of sp³-hybridized carbons (Fsp3) is 0.286. The summed E-state index contributed by atoms with van der Waals surface area (Å²) in [7, 11) is 0. The van der Waals surface area contributed by atoms with Gasteiger partial charge in [0.25, 0.3) is 0 Å². The molecule has 0 saturated heterocycles. The van der Waals surface area contributed by atoms with Gasteiger partial charge in [-0.1, -0.05) is 12.1 Å². The second kappa shape index (κ2) is 6.55. The number of benzene rings is 1. The Labute approximate surface area is 106 Å². The second-order valence-corrected chi connectivity index (χ2v) is 3.77. The third kappa shape index (κ3) is 3.42. The summed E-state index contributed by atoms with van der Waals surface area (Å²) in [5.41, 5.74) is 0.688. The van der Waals surface area contributed by atoms with E-state index in [4.69, 9.17) is 5.26 Å². The third-order valence-corrected chi connectivity index (χ3v) is 2.55. The van der Waals surface area contributed by atoms with Gasteiger partial charge < -0.3 is 4.90 Å². The van der Waals surface area contributed by atoms with Crippen LogP contribution in [0.1, 0.15) is 25.0 Å². The normalized spacial score (nSPS) is 10.3. The topological polar surface area (TPSA) is 44.1 Å². The van der Waals surface area contributed by atoms with Gasteiger partial charge in [0.05, 0.1) is 11.6 Å². The molecule has 0 aliphatic carbocycles. The maximum atomic E-state index is 13.7. The van der Waals surface area contributed by atoms with E-state index in [0.717, 1.165) is 0 Å². The number of halogens is 1. The van der Waals surface area contributed by atoms with Crippen LogP contribution in [0, 0.1) is 17.1 Å². The summed E-state index contributed by atoms with van der Waals surface area (Å²) in [6, 6.07) is 6.15. The molecule has 4 heteroatoms. The van der Waals surface area contributed by atoms with Crippen molar-refractivity contribution in [2.75, 3.05) is 6.54 Å². The molecule has 0 aliphatic rings. The third-order valence-electron chi connectivity index (χ3n) is 2.55. The summed E-state index contributed by atoms with van der Waals surface area (Å²) >= 11 is 0. The van der Waals surface area contributed by atoms with Crippen molar-refractivity contribution in [3.05, 3.63) is 47.3 Å². The fourth-order valence-electron chi connectivity index (χ4n) is 1.54. The Hall–Kier alpha value is -2.15. The Morgan fingerprint density at radius 3 is 2.78 bits per heavy atom. The lowest BCUT2D eigenvalue weighted by molar-refractivity contribution is -0.126. The number of rotatable bonds is 4. The predicted octanol–water partition coefficient (Wildman–Crippen LogP) is 2.62. The minimum Gasteiger partial charge on any atom is -0.335 e. The van der Waals surface area contributed by atoms with Crippen LogP contribution in [0.15, 0.2) is 30.4 Å². The van der Waals surface area contributed by atoms with Crippen molar-refractivity contribution in [2.45, 2.75) is 20.4 Å². The minimum absolute atomic E-state index is 0.149. The molecular formula is C14H15FN2O.